The lowest BCUT2D eigenvalue weighted by molar-refractivity contribution is -0.124. The fourth-order valence-electron chi connectivity index (χ4n) is 1.50. The van der Waals surface area contributed by atoms with Crippen molar-refractivity contribution in [2.45, 2.75) is 45.2 Å². The van der Waals surface area contributed by atoms with Gasteiger partial charge in [0.25, 0.3) is 0 Å². The molecule has 0 atom stereocenters. The Hall–Kier alpha value is -0.780. The molecule has 0 fully saturated rings. The number of hydrogen-bond donors (Lipinski definition) is 3. The van der Waals surface area contributed by atoms with Crippen molar-refractivity contribution in [2.24, 2.45) is 0 Å². The van der Waals surface area contributed by atoms with Gasteiger partial charge in [-0.05, 0) is 41.8 Å². The maximum atomic E-state index is 11.9. The van der Waals surface area contributed by atoms with Crippen molar-refractivity contribution >= 4 is 11.6 Å². The molecule has 0 saturated carbocycles. The van der Waals surface area contributed by atoms with Gasteiger partial charge in [-0.1, -0.05) is 0 Å². The molecule has 0 aromatic carbocycles. The van der Waals surface area contributed by atoms with Crippen LogP contribution in [0.1, 0.15) is 34.1 Å². The molecular weight excluding hydrogens is 230 g/mol. The zero-order valence-corrected chi connectivity index (χ0v) is 12.4. The summed E-state index contributed by atoms with van der Waals surface area (Å²) in [6.45, 7) is 8.17. The van der Waals surface area contributed by atoms with E-state index >= 15 is 0 Å². The molecule has 5 heteroatoms. The molecule has 3 N–H and O–H groups in total. The molecule has 0 unspecified atom stereocenters. The third kappa shape index (κ3) is 6.23. The summed E-state index contributed by atoms with van der Waals surface area (Å²) in [6.07, 6.45) is 0.404. The van der Waals surface area contributed by atoms with E-state index in [1.54, 1.807) is 14.1 Å². The van der Waals surface area contributed by atoms with Crippen LogP contribution >= 0.6 is 0 Å². The van der Waals surface area contributed by atoms with Gasteiger partial charge in [-0.15, -0.1) is 0 Å². The molecule has 0 spiro atoms. The van der Waals surface area contributed by atoms with Crippen LogP contribution in [0.4, 0.5) is 0 Å². The number of Topliss-reactive ketones (excluding diaryl/α,β-unsaturated/α-hetero) is 2. The third-order valence-electron chi connectivity index (χ3n) is 3.06. The number of rotatable bonds is 9. The summed E-state index contributed by atoms with van der Waals surface area (Å²) in [5.41, 5.74) is -0.911. The highest BCUT2D eigenvalue weighted by Gasteiger charge is 2.28. The van der Waals surface area contributed by atoms with Gasteiger partial charge in [0, 0.05) is 12.0 Å². The molecule has 0 bridgehead atoms. The zero-order valence-electron chi connectivity index (χ0n) is 12.4. The molecule has 0 aliphatic carbocycles. The van der Waals surface area contributed by atoms with Crippen LogP contribution in [0, 0.1) is 0 Å². The Labute approximate surface area is 110 Å². The molecule has 0 aliphatic rings. The van der Waals surface area contributed by atoms with E-state index in [0.717, 1.165) is 0 Å². The Kier molecular flexibility index (Phi) is 6.67. The summed E-state index contributed by atoms with van der Waals surface area (Å²) in [6, 6.07) is 0. The van der Waals surface area contributed by atoms with Crippen molar-refractivity contribution in [1.82, 2.24) is 16.0 Å². The number of ketones is 2. The maximum absolute atomic E-state index is 11.9. The van der Waals surface area contributed by atoms with Gasteiger partial charge in [-0.25, -0.2) is 0 Å². The highest BCUT2D eigenvalue weighted by Crippen LogP contribution is 2.10. The molecule has 0 radical (unpaired) electrons. The first-order chi connectivity index (χ1) is 8.14. The lowest BCUT2D eigenvalue weighted by Crippen LogP contribution is -2.52. The van der Waals surface area contributed by atoms with E-state index < -0.39 is 5.54 Å². The predicted molar refractivity (Wildman–Crippen MR) is 73.8 cm³/mol. The Morgan fingerprint density at radius 1 is 1.00 bits per heavy atom. The summed E-state index contributed by atoms with van der Waals surface area (Å²) in [5, 5.41) is 8.96. The van der Waals surface area contributed by atoms with Gasteiger partial charge in [-0.3, -0.25) is 9.59 Å². The van der Waals surface area contributed by atoms with Crippen molar-refractivity contribution in [1.29, 1.82) is 0 Å². The summed E-state index contributed by atoms with van der Waals surface area (Å²) in [4.78, 5) is 23.5. The molecule has 18 heavy (non-hydrogen) atoms. The summed E-state index contributed by atoms with van der Waals surface area (Å²) < 4.78 is 0. The minimum Gasteiger partial charge on any atom is -0.313 e. The van der Waals surface area contributed by atoms with E-state index in [1.165, 1.54) is 0 Å². The second-order valence-corrected chi connectivity index (χ2v) is 5.78. The molecule has 0 rings (SSSR count). The van der Waals surface area contributed by atoms with Gasteiger partial charge < -0.3 is 16.0 Å². The molecular formula is C13H27N3O2. The van der Waals surface area contributed by atoms with Gasteiger partial charge in [-0.2, -0.15) is 0 Å². The number of likely N-dealkylation sites (N-methyl/N-ethyl adjacent to an activating group) is 2. The highest BCUT2D eigenvalue weighted by atomic mass is 16.1. The van der Waals surface area contributed by atoms with E-state index in [4.69, 9.17) is 0 Å². The fourth-order valence-corrected chi connectivity index (χ4v) is 1.50. The summed E-state index contributed by atoms with van der Waals surface area (Å²) in [7, 11) is 3.51. The minimum atomic E-state index is -0.544. The van der Waals surface area contributed by atoms with Crippen LogP contribution in [0.2, 0.25) is 0 Å². The second kappa shape index (κ2) is 6.97. The Balaban J connectivity index is 4.26. The third-order valence-corrected chi connectivity index (χ3v) is 3.06. The molecule has 0 aromatic heterocycles. The topological polar surface area (TPSA) is 70.2 Å². The first-order valence-electron chi connectivity index (χ1n) is 6.28. The van der Waals surface area contributed by atoms with Crippen molar-refractivity contribution < 1.29 is 9.59 Å². The quantitative estimate of drug-likeness (QED) is 0.546. The molecule has 0 heterocycles. The molecule has 0 saturated heterocycles. The van der Waals surface area contributed by atoms with Crippen molar-refractivity contribution in [3.8, 4) is 0 Å². The first kappa shape index (κ1) is 17.2. The SMILES string of the molecule is CNCC(=O)CC(C)(C)NCC(=O)C(C)(C)NC. The van der Waals surface area contributed by atoms with E-state index in [2.05, 4.69) is 16.0 Å². The van der Waals surface area contributed by atoms with Gasteiger partial charge >= 0.3 is 0 Å². The van der Waals surface area contributed by atoms with E-state index in [1.807, 2.05) is 27.7 Å². The smallest absolute Gasteiger partial charge is 0.165 e. The van der Waals surface area contributed by atoms with Gasteiger partial charge in [0.05, 0.1) is 18.6 Å². The monoisotopic (exact) mass is 257 g/mol. The highest BCUT2D eigenvalue weighted by molar-refractivity contribution is 5.89. The van der Waals surface area contributed by atoms with Crippen LogP contribution < -0.4 is 16.0 Å². The van der Waals surface area contributed by atoms with Crippen LogP contribution in [-0.4, -0.2) is 49.8 Å². The van der Waals surface area contributed by atoms with Gasteiger partial charge in [0.1, 0.15) is 5.78 Å². The van der Waals surface area contributed by atoms with Crippen molar-refractivity contribution in [3.05, 3.63) is 0 Å². The number of carbonyl (C=O) groups is 2. The van der Waals surface area contributed by atoms with E-state index in [9.17, 15) is 9.59 Å². The fraction of sp³-hybridized carbons (Fsp3) is 0.846. The number of nitrogens with one attached hydrogen (secondary N) is 3. The number of hydrogen-bond acceptors (Lipinski definition) is 5. The molecule has 0 amide bonds. The predicted octanol–water partition coefficient (Wildman–Crippen LogP) is 0.100. The van der Waals surface area contributed by atoms with E-state index in [-0.39, 0.29) is 23.7 Å². The maximum Gasteiger partial charge on any atom is 0.165 e. The largest absolute Gasteiger partial charge is 0.313 e. The average molecular weight is 257 g/mol. The molecule has 5 nitrogen and oxygen atoms in total. The first-order valence-corrected chi connectivity index (χ1v) is 6.28. The molecule has 0 aromatic rings. The van der Waals surface area contributed by atoms with Crippen LogP contribution in [0.15, 0.2) is 0 Å². The lowest BCUT2D eigenvalue weighted by atomic mass is 9.95. The Bertz CT molecular complexity index is 299. The van der Waals surface area contributed by atoms with Gasteiger partial charge in [0.2, 0.25) is 0 Å². The van der Waals surface area contributed by atoms with Crippen LogP contribution in [-0.2, 0) is 9.59 Å². The standard InChI is InChI=1S/C13H27N3O2/c1-12(2,7-10(17)8-14-5)16-9-11(18)13(3,4)15-6/h14-16H,7-9H2,1-6H3. The minimum absolute atomic E-state index is 0.0825. The Morgan fingerprint density at radius 3 is 2.00 bits per heavy atom. The number of carbonyl (C=O) groups excluding carboxylic acids is 2. The molecule has 106 valence electrons. The molecule has 0 aliphatic heterocycles. The summed E-state index contributed by atoms with van der Waals surface area (Å²) in [5.74, 6) is 0.217. The Morgan fingerprint density at radius 2 is 1.56 bits per heavy atom. The van der Waals surface area contributed by atoms with Crippen molar-refractivity contribution in [3.63, 3.8) is 0 Å². The average Bonchev–Trinajstić information content (AvgIpc) is 2.25. The lowest BCUT2D eigenvalue weighted by Gasteiger charge is -2.28. The normalized spacial score (nSPS) is 12.6. The van der Waals surface area contributed by atoms with E-state index in [0.29, 0.717) is 13.0 Å². The summed E-state index contributed by atoms with van der Waals surface area (Å²) >= 11 is 0. The van der Waals surface area contributed by atoms with Crippen LogP contribution in [0.25, 0.3) is 0 Å². The van der Waals surface area contributed by atoms with Crippen LogP contribution in [0.5, 0.6) is 0 Å². The van der Waals surface area contributed by atoms with Crippen molar-refractivity contribution in [2.75, 3.05) is 27.2 Å². The van der Waals surface area contributed by atoms with Gasteiger partial charge in [0.15, 0.2) is 5.78 Å². The van der Waals surface area contributed by atoms with Crippen LogP contribution in [0.3, 0.4) is 0 Å². The second-order valence-electron chi connectivity index (χ2n) is 5.78. The zero-order chi connectivity index (χ0) is 14.4.